The first-order chi connectivity index (χ1) is 12.8. The molecular weight excluding hydrogens is 332 g/mol. The summed E-state index contributed by atoms with van der Waals surface area (Å²) in [5.74, 6) is -0.0732. The van der Waals surface area contributed by atoms with E-state index >= 15 is 0 Å². The van der Waals surface area contributed by atoms with Crippen LogP contribution < -0.4 is 5.32 Å². The second-order valence-electron chi connectivity index (χ2n) is 5.66. The quantitative estimate of drug-likeness (QED) is 0.579. The lowest BCUT2D eigenvalue weighted by atomic mass is 10.2. The number of anilines is 1. The van der Waals surface area contributed by atoms with E-state index in [1.165, 1.54) is 0 Å². The topological polar surface area (TPSA) is 81.7 Å². The van der Waals surface area contributed by atoms with Gasteiger partial charge in [0.1, 0.15) is 6.61 Å². The van der Waals surface area contributed by atoms with Gasteiger partial charge in [0, 0.05) is 5.56 Å². The molecule has 3 heterocycles. The van der Waals surface area contributed by atoms with Crippen LogP contribution in [0.1, 0.15) is 5.56 Å². The van der Waals surface area contributed by atoms with E-state index in [0.29, 0.717) is 12.3 Å². The lowest BCUT2D eigenvalue weighted by Crippen LogP contribution is -2.19. The summed E-state index contributed by atoms with van der Waals surface area (Å²) in [7, 11) is 0. The Labute approximate surface area is 149 Å². The third-order valence-electron chi connectivity index (χ3n) is 3.77. The molecular formula is C19H16N4O3. The molecule has 0 aliphatic rings. The maximum atomic E-state index is 12.1. The van der Waals surface area contributed by atoms with E-state index in [1.54, 1.807) is 17.0 Å². The van der Waals surface area contributed by atoms with Crippen molar-refractivity contribution in [3.05, 3.63) is 72.7 Å². The van der Waals surface area contributed by atoms with E-state index in [9.17, 15) is 4.79 Å². The van der Waals surface area contributed by atoms with Crippen LogP contribution in [0.25, 0.3) is 16.9 Å². The molecule has 7 heteroatoms. The average Bonchev–Trinajstić information content (AvgIpc) is 3.31. The number of aromatic nitrogens is 3. The van der Waals surface area contributed by atoms with Gasteiger partial charge in [-0.15, -0.1) is 5.10 Å². The summed E-state index contributed by atoms with van der Waals surface area (Å²) in [6.07, 6.45) is 3.23. The van der Waals surface area contributed by atoms with Gasteiger partial charge in [0.25, 0.3) is 5.91 Å². The van der Waals surface area contributed by atoms with Gasteiger partial charge in [-0.25, -0.2) is 4.52 Å². The Bertz CT molecular complexity index is 1010. The van der Waals surface area contributed by atoms with E-state index < -0.39 is 0 Å². The van der Waals surface area contributed by atoms with E-state index in [2.05, 4.69) is 15.4 Å². The molecule has 0 atom stereocenters. The van der Waals surface area contributed by atoms with E-state index in [0.717, 1.165) is 16.8 Å². The highest BCUT2D eigenvalue weighted by Gasteiger charge is 2.11. The number of amides is 1. The summed E-state index contributed by atoms with van der Waals surface area (Å²) in [5, 5.41) is 7.01. The number of benzene rings is 1. The standard InChI is InChI=1S/C19H16N4O3/c24-18(13-26-11-14-5-2-1-3-6-14)21-19-20-17-8-4-7-16(23(17)22-19)15-9-10-25-12-15/h1-10,12H,11,13H2,(H,21,22,24). The first-order valence-corrected chi connectivity index (χ1v) is 8.09. The Kier molecular flexibility index (Phi) is 4.44. The van der Waals surface area contributed by atoms with Crippen molar-refractivity contribution in [3.63, 3.8) is 0 Å². The zero-order valence-corrected chi connectivity index (χ0v) is 13.8. The van der Waals surface area contributed by atoms with Crippen molar-refractivity contribution in [1.29, 1.82) is 0 Å². The highest BCUT2D eigenvalue weighted by atomic mass is 16.5. The fraction of sp³-hybridized carbons (Fsp3) is 0.105. The SMILES string of the molecule is O=C(COCc1ccccc1)Nc1nc2cccc(-c3ccoc3)n2n1. The minimum Gasteiger partial charge on any atom is -0.472 e. The molecule has 0 radical (unpaired) electrons. The minimum atomic E-state index is -0.304. The van der Waals surface area contributed by atoms with Crippen molar-refractivity contribution in [2.24, 2.45) is 0 Å². The van der Waals surface area contributed by atoms with Crippen molar-refractivity contribution < 1.29 is 13.9 Å². The number of carbonyl (C=O) groups excluding carboxylic acids is 1. The van der Waals surface area contributed by atoms with Gasteiger partial charge in [-0.2, -0.15) is 4.98 Å². The summed E-state index contributed by atoms with van der Waals surface area (Å²) in [5.41, 5.74) is 3.34. The minimum absolute atomic E-state index is 0.0704. The predicted octanol–water partition coefficient (Wildman–Crippen LogP) is 3.14. The number of pyridine rings is 1. The molecule has 0 spiro atoms. The Morgan fingerprint density at radius 2 is 2.00 bits per heavy atom. The number of ether oxygens (including phenoxy) is 1. The molecule has 1 aromatic carbocycles. The Morgan fingerprint density at radius 3 is 2.81 bits per heavy atom. The van der Waals surface area contributed by atoms with Crippen molar-refractivity contribution in [2.45, 2.75) is 6.61 Å². The molecule has 0 saturated carbocycles. The fourth-order valence-electron chi connectivity index (χ4n) is 2.58. The summed E-state index contributed by atoms with van der Waals surface area (Å²) >= 11 is 0. The monoisotopic (exact) mass is 348 g/mol. The zero-order valence-electron chi connectivity index (χ0n) is 13.8. The third-order valence-corrected chi connectivity index (χ3v) is 3.77. The number of hydrogen-bond donors (Lipinski definition) is 1. The molecule has 3 aromatic heterocycles. The van der Waals surface area contributed by atoms with Gasteiger partial charge in [0.15, 0.2) is 5.65 Å². The van der Waals surface area contributed by atoms with Crippen LogP contribution in [0.3, 0.4) is 0 Å². The van der Waals surface area contributed by atoms with Gasteiger partial charge in [-0.05, 0) is 23.8 Å². The number of nitrogens with zero attached hydrogens (tertiary/aromatic N) is 3. The van der Waals surface area contributed by atoms with Crippen LogP contribution in [-0.4, -0.2) is 27.1 Å². The first-order valence-electron chi connectivity index (χ1n) is 8.09. The predicted molar refractivity (Wildman–Crippen MR) is 95.4 cm³/mol. The largest absolute Gasteiger partial charge is 0.472 e. The van der Waals surface area contributed by atoms with Crippen LogP contribution in [0.5, 0.6) is 0 Å². The zero-order chi connectivity index (χ0) is 17.8. The van der Waals surface area contributed by atoms with Crippen molar-refractivity contribution in [1.82, 2.24) is 14.6 Å². The molecule has 4 rings (SSSR count). The molecule has 1 N–H and O–H groups in total. The molecule has 7 nitrogen and oxygen atoms in total. The van der Waals surface area contributed by atoms with Crippen LogP contribution in [0.2, 0.25) is 0 Å². The average molecular weight is 348 g/mol. The summed E-state index contributed by atoms with van der Waals surface area (Å²) in [4.78, 5) is 16.4. The highest BCUT2D eigenvalue weighted by molar-refractivity contribution is 5.90. The second kappa shape index (κ2) is 7.20. The molecule has 4 aromatic rings. The van der Waals surface area contributed by atoms with E-state index in [1.807, 2.05) is 54.6 Å². The van der Waals surface area contributed by atoms with Crippen molar-refractivity contribution in [3.8, 4) is 11.3 Å². The van der Waals surface area contributed by atoms with Crippen LogP contribution in [0.15, 0.2) is 71.5 Å². The van der Waals surface area contributed by atoms with Crippen LogP contribution in [0.4, 0.5) is 5.95 Å². The summed E-state index contributed by atoms with van der Waals surface area (Å²) in [6, 6.07) is 17.1. The Hall–Kier alpha value is -3.45. The smallest absolute Gasteiger partial charge is 0.252 e. The number of carbonyl (C=O) groups is 1. The van der Waals surface area contributed by atoms with Crippen LogP contribution in [-0.2, 0) is 16.1 Å². The molecule has 0 fully saturated rings. The molecule has 0 aliphatic heterocycles. The number of furan rings is 1. The normalized spacial score (nSPS) is 10.9. The van der Waals surface area contributed by atoms with Crippen LogP contribution in [0, 0.1) is 0 Å². The highest BCUT2D eigenvalue weighted by Crippen LogP contribution is 2.21. The molecule has 130 valence electrons. The summed E-state index contributed by atoms with van der Waals surface area (Å²) < 4.78 is 12.2. The van der Waals surface area contributed by atoms with Gasteiger partial charge in [-0.3, -0.25) is 10.1 Å². The maximum absolute atomic E-state index is 12.1. The summed E-state index contributed by atoms with van der Waals surface area (Å²) in [6.45, 7) is 0.302. The number of hydrogen-bond acceptors (Lipinski definition) is 5. The van der Waals surface area contributed by atoms with Gasteiger partial charge in [0.05, 0.1) is 24.8 Å². The first kappa shape index (κ1) is 16.0. The lowest BCUT2D eigenvalue weighted by Gasteiger charge is -2.03. The van der Waals surface area contributed by atoms with Gasteiger partial charge in [-0.1, -0.05) is 36.4 Å². The fourth-order valence-corrected chi connectivity index (χ4v) is 2.58. The molecule has 26 heavy (non-hydrogen) atoms. The molecule has 1 amide bonds. The molecule has 0 saturated heterocycles. The Balaban J connectivity index is 1.42. The van der Waals surface area contributed by atoms with Crippen molar-refractivity contribution in [2.75, 3.05) is 11.9 Å². The molecule has 0 bridgehead atoms. The molecule has 0 unspecified atom stereocenters. The number of rotatable bonds is 6. The molecule has 0 aliphatic carbocycles. The van der Waals surface area contributed by atoms with Crippen LogP contribution >= 0.6 is 0 Å². The third kappa shape index (κ3) is 3.47. The lowest BCUT2D eigenvalue weighted by molar-refractivity contribution is -0.121. The number of fused-ring (bicyclic) bond motifs is 1. The second-order valence-corrected chi connectivity index (χ2v) is 5.66. The van der Waals surface area contributed by atoms with Gasteiger partial charge in [0.2, 0.25) is 5.95 Å². The maximum Gasteiger partial charge on any atom is 0.252 e. The van der Waals surface area contributed by atoms with Gasteiger partial charge >= 0.3 is 0 Å². The van der Waals surface area contributed by atoms with E-state index in [4.69, 9.17) is 9.15 Å². The van der Waals surface area contributed by atoms with Gasteiger partial charge < -0.3 is 9.15 Å². The Morgan fingerprint density at radius 1 is 1.12 bits per heavy atom. The number of nitrogens with one attached hydrogen (secondary N) is 1. The van der Waals surface area contributed by atoms with E-state index in [-0.39, 0.29) is 18.5 Å². The van der Waals surface area contributed by atoms with Crippen molar-refractivity contribution >= 4 is 17.5 Å².